The predicted molar refractivity (Wildman–Crippen MR) is 112 cm³/mol. The number of hydrogen-bond donors (Lipinski definition) is 0. The molecule has 0 aliphatic heterocycles. The van der Waals surface area contributed by atoms with Gasteiger partial charge >= 0.3 is 0 Å². The first-order chi connectivity index (χ1) is 13.6. The Morgan fingerprint density at radius 3 is 2.43 bits per heavy atom. The van der Waals surface area contributed by atoms with E-state index in [0.29, 0.717) is 11.9 Å². The minimum atomic E-state index is -0.252. The summed E-state index contributed by atoms with van der Waals surface area (Å²) < 4.78 is 1.28. The fourth-order valence-electron chi connectivity index (χ4n) is 3.13. The SMILES string of the molecule is CN(Cc1ccccc1)C(=O)Cn1nc(-c2cccs2)c2ccccc2c1=O. The highest BCUT2D eigenvalue weighted by Gasteiger charge is 2.16. The average Bonchev–Trinajstić information content (AvgIpc) is 3.25. The van der Waals surface area contributed by atoms with Crippen molar-refractivity contribution in [1.82, 2.24) is 14.7 Å². The van der Waals surface area contributed by atoms with E-state index in [9.17, 15) is 9.59 Å². The van der Waals surface area contributed by atoms with Gasteiger partial charge in [-0.15, -0.1) is 11.3 Å². The Hall–Kier alpha value is -3.25. The van der Waals surface area contributed by atoms with Crippen molar-refractivity contribution >= 4 is 28.0 Å². The number of likely N-dealkylation sites (N-methyl/N-ethyl adjacent to an activating group) is 1. The minimum absolute atomic E-state index is 0.0919. The molecule has 0 unspecified atom stereocenters. The van der Waals surface area contributed by atoms with E-state index in [1.807, 2.05) is 66.0 Å². The van der Waals surface area contributed by atoms with E-state index in [0.717, 1.165) is 21.5 Å². The van der Waals surface area contributed by atoms with Crippen LogP contribution in [0.5, 0.6) is 0 Å². The van der Waals surface area contributed by atoms with Crippen molar-refractivity contribution in [2.45, 2.75) is 13.1 Å². The number of carbonyl (C=O) groups is 1. The average molecular weight is 389 g/mol. The number of carbonyl (C=O) groups excluding carboxylic acids is 1. The van der Waals surface area contributed by atoms with Crippen molar-refractivity contribution in [2.24, 2.45) is 0 Å². The first-order valence-electron chi connectivity index (χ1n) is 8.95. The first-order valence-corrected chi connectivity index (χ1v) is 9.83. The highest BCUT2D eigenvalue weighted by atomic mass is 32.1. The molecule has 4 aromatic rings. The number of fused-ring (bicyclic) bond motifs is 1. The van der Waals surface area contributed by atoms with E-state index in [1.165, 1.54) is 4.68 Å². The van der Waals surface area contributed by atoms with Crippen LogP contribution >= 0.6 is 11.3 Å². The molecule has 0 aliphatic rings. The fraction of sp³-hybridized carbons (Fsp3) is 0.136. The zero-order valence-corrected chi connectivity index (χ0v) is 16.2. The highest BCUT2D eigenvalue weighted by Crippen LogP contribution is 2.28. The zero-order chi connectivity index (χ0) is 19.5. The van der Waals surface area contributed by atoms with Crippen LogP contribution in [-0.2, 0) is 17.9 Å². The minimum Gasteiger partial charge on any atom is -0.340 e. The molecule has 2 heterocycles. The van der Waals surface area contributed by atoms with Crippen LogP contribution in [0.2, 0.25) is 0 Å². The van der Waals surface area contributed by atoms with Crippen molar-refractivity contribution in [1.29, 1.82) is 0 Å². The summed E-state index contributed by atoms with van der Waals surface area (Å²) >= 11 is 1.56. The van der Waals surface area contributed by atoms with Gasteiger partial charge in [0.1, 0.15) is 12.2 Å². The molecule has 0 N–H and O–H groups in total. The van der Waals surface area contributed by atoms with Crippen LogP contribution in [-0.4, -0.2) is 27.6 Å². The normalized spacial score (nSPS) is 10.9. The Bertz CT molecular complexity index is 1170. The Labute approximate surface area is 166 Å². The monoisotopic (exact) mass is 389 g/mol. The van der Waals surface area contributed by atoms with Crippen molar-refractivity contribution in [3.63, 3.8) is 0 Å². The summed E-state index contributed by atoms with van der Waals surface area (Å²) in [4.78, 5) is 28.2. The molecule has 2 aromatic carbocycles. The van der Waals surface area contributed by atoms with Gasteiger partial charge in [-0.1, -0.05) is 54.6 Å². The third kappa shape index (κ3) is 3.59. The molecular formula is C22H19N3O2S. The highest BCUT2D eigenvalue weighted by molar-refractivity contribution is 7.13. The molecule has 140 valence electrons. The lowest BCUT2D eigenvalue weighted by Gasteiger charge is -2.18. The van der Waals surface area contributed by atoms with E-state index in [4.69, 9.17) is 0 Å². The van der Waals surface area contributed by atoms with Crippen LogP contribution in [0.15, 0.2) is 76.9 Å². The van der Waals surface area contributed by atoms with Crippen LogP contribution < -0.4 is 5.56 Å². The van der Waals surface area contributed by atoms with Crippen molar-refractivity contribution < 1.29 is 4.79 Å². The van der Waals surface area contributed by atoms with E-state index in [2.05, 4.69) is 5.10 Å². The molecule has 0 aliphatic carbocycles. The molecule has 2 aromatic heterocycles. The summed E-state index contributed by atoms with van der Waals surface area (Å²) in [6.45, 7) is 0.394. The van der Waals surface area contributed by atoms with Gasteiger partial charge in [-0.25, -0.2) is 4.68 Å². The molecule has 0 bridgehead atoms. The maximum absolute atomic E-state index is 12.9. The third-order valence-corrected chi connectivity index (χ3v) is 5.47. The van der Waals surface area contributed by atoms with Gasteiger partial charge in [-0.2, -0.15) is 5.10 Å². The lowest BCUT2D eigenvalue weighted by molar-refractivity contribution is -0.131. The summed E-state index contributed by atoms with van der Waals surface area (Å²) in [6.07, 6.45) is 0. The molecule has 28 heavy (non-hydrogen) atoms. The fourth-order valence-corrected chi connectivity index (χ4v) is 3.86. The number of benzene rings is 2. The number of thiophene rings is 1. The second-order valence-electron chi connectivity index (χ2n) is 6.57. The van der Waals surface area contributed by atoms with Crippen LogP contribution in [0, 0.1) is 0 Å². The molecule has 0 radical (unpaired) electrons. The van der Waals surface area contributed by atoms with Gasteiger partial charge in [0.15, 0.2) is 0 Å². The molecular weight excluding hydrogens is 370 g/mol. The number of nitrogens with zero attached hydrogens (tertiary/aromatic N) is 3. The van der Waals surface area contributed by atoms with E-state index in [1.54, 1.807) is 29.4 Å². The van der Waals surface area contributed by atoms with Crippen molar-refractivity contribution in [3.05, 3.63) is 88.0 Å². The third-order valence-electron chi connectivity index (χ3n) is 4.60. The Kier molecular flexibility index (Phi) is 5.04. The number of aromatic nitrogens is 2. The Morgan fingerprint density at radius 1 is 1.00 bits per heavy atom. The second-order valence-corrected chi connectivity index (χ2v) is 7.52. The molecule has 4 rings (SSSR count). The molecule has 6 heteroatoms. The van der Waals surface area contributed by atoms with E-state index < -0.39 is 0 Å². The summed E-state index contributed by atoms with van der Waals surface area (Å²) in [7, 11) is 1.74. The lowest BCUT2D eigenvalue weighted by atomic mass is 10.1. The van der Waals surface area contributed by atoms with Gasteiger partial charge in [-0.05, 0) is 23.1 Å². The largest absolute Gasteiger partial charge is 0.340 e. The van der Waals surface area contributed by atoms with Gasteiger partial charge in [0.05, 0.1) is 10.3 Å². The van der Waals surface area contributed by atoms with Crippen molar-refractivity contribution in [3.8, 4) is 10.6 Å². The molecule has 0 fully saturated rings. The Balaban J connectivity index is 1.68. The Morgan fingerprint density at radius 2 is 1.71 bits per heavy atom. The first kappa shape index (κ1) is 18.1. The molecule has 0 atom stereocenters. The van der Waals surface area contributed by atoms with Gasteiger partial charge in [0, 0.05) is 19.0 Å². The maximum atomic E-state index is 12.9. The molecule has 5 nitrogen and oxygen atoms in total. The maximum Gasteiger partial charge on any atom is 0.275 e. The molecule has 0 saturated heterocycles. The summed E-state index contributed by atoms with van der Waals surface area (Å²) in [5.41, 5.74) is 1.51. The molecule has 0 saturated carbocycles. The van der Waals surface area contributed by atoms with Crippen molar-refractivity contribution in [2.75, 3.05) is 7.05 Å². The molecule has 1 amide bonds. The number of rotatable bonds is 5. The summed E-state index contributed by atoms with van der Waals surface area (Å²) in [5, 5.41) is 7.88. The number of hydrogen-bond acceptors (Lipinski definition) is 4. The van der Waals surface area contributed by atoms with E-state index in [-0.39, 0.29) is 18.0 Å². The summed E-state index contributed by atoms with van der Waals surface area (Å²) in [5.74, 6) is -0.161. The quantitative estimate of drug-likeness (QED) is 0.522. The lowest BCUT2D eigenvalue weighted by Crippen LogP contribution is -2.35. The summed E-state index contributed by atoms with van der Waals surface area (Å²) in [6, 6.07) is 21.1. The zero-order valence-electron chi connectivity index (χ0n) is 15.4. The smallest absolute Gasteiger partial charge is 0.275 e. The van der Waals surface area contributed by atoms with Gasteiger partial charge in [-0.3, -0.25) is 9.59 Å². The van der Waals surface area contributed by atoms with Crippen LogP contribution in [0.25, 0.3) is 21.3 Å². The van der Waals surface area contributed by atoms with Gasteiger partial charge < -0.3 is 4.90 Å². The topological polar surface area (TPSA) is 55.2 Å². The predicted octanol–water partition coefficient (Wildman–Crippen LogP) is 3.78. The van der Waals surface area contributed by atoms with Crippen LogP contribution in [0.1, 0.15) is 5.56 Å². The molecule has 0 spiro atoms. The second kappa shape index (κ2) is 7.78. The van der Waals surface area contributed by atoms with E-state index >= 15 is 0 Å². The number of amides is 1. The standard InChI is InChI=1S/C22H19N3O2S/c1-24(14-16-8-3-2-4-9-16)20(26)15-25-22(27)18-11-6-5-10-17(18)21(23-25)19-12-7-13-28-19/h2-13H,14-15H2,1H3. The van der Waals surface area contributed by atoms with Gasteiger partial charge in [0.2, 0.25) is 5.91 Å². The van der Waals surface area contributed by atoms with Gasteiger partial charge in [0.25, 0.3) is 5.56 Å². The van der Waals surface area contributed by atoms with Crippen LogP contribution in [0.3, 0.4) is 0 Å². The van der Waals surface area contributed by atoms with Crippen LogP contribution in [0.4, 0.5) is 0 Å².